The highest BCUT2D eigenvalue weighted by Gasteiger charge is 2.15. The first-order valence-electron chi connectivity index (χ1n) is 5.72. The van der Waals surface area contributed by atoms with Gasteiger partial charge in [-0.15, -0.1) is 0 Å². The molecule has 18 heavy (non-hydrogen) atoms. The van der Waals surface area contributed by atoms with Crippen LogP contribution in [-0.2, 0) is 6.42 Å². The normalized spacial score (nSPS) is 12.4. The molecule has 0 amide bonds. The van der Waals surface area contributed by atoms with E-state index in [1.807, 2.05) is 12.1 Å². The van der Waals surface area contributed by atoms with Crippen LogP contribution in [0, 0.1) is 12.7 Å². The molecule has 0 saturated carbocycles. The van der Waals surface area contributed by atoms with Gasteiger partial charge in [0.25, 0.3) is 0 Å². The lowest BCUT2D eigenvalue weighted by atomic mass is 10.0. The van der Waals surface area contributed by atoms with Crippen molar-refractivity contribution in [2.75, 3.05) is 0 Å². The van der Waals surface area contributed by atoms with E-state index in [9.17, 15) is 4.39 Å². The third kappa shape index (κ3) is 2.93. The zero-order valence-electron chi connectivity index (χ0n) is 9.96. The third-order valence-electron chi connectivity index (χ3n) is 2.98. The quantitative estimate of drug-likeness (QED) is 0.656. The summed E-state index contributed by atoms with van der Waals surface area (Å²) in [6.45, 7) is 2.06. The summed E-state index contributed by atoms with van der Waals surface area (Å²) in [7, 11) is 0. The van der Waals surface area contributed by atoms with Crippen LogP contribution >= 0.6 is 27.5 Å². The van der Waals surface area contributed by atoms with Crippen LogP contribution in [-0.4, -0.2) is 0 Å². The molecule has 0 heterocycles. The average Bonchev–Trinajstić information content (AvgIpc) is 2.35. The summed E-state index contributed by atoms with van der Waals surface area (Å²) >= 11 is 9.34. The van der Waals surface area contributed by atoms with E-state index >= 15 is 0 Å². The van der Waals surface area contributed by atoms with Crippen LogP contribution in [0.3, 0.4) is 0 Å². The van der Waals surface area contributed by atoms with Gasteiger partial charge < -0.3 is 0 Å². The molecule has 0 bridgehead atoms. The van der Waals surface area contributed by atoms with Gasteiger partial charge in [-0.25, -0.2) is 4.39 Å². The number of benzene rings is 2. The Labute approximate surface area is 120 Å². The van der Waals surface area contributed by atoms with Crippen molar-refractivity contribution in [3.63, 3.8) is 0 Å². The van der Waals surface area contributed by atoms with E-state index in [4.69, 9.17) is 11.6 Å². The van der Waals surface area contributed by atoms with Crippen molar-refractivity contribution in [3.05, 3.63) is 70.0 Å². The van der Waals surface area contributed by atoms with Gasteiger partial charge >= 0.3 is 0 Å². The molecule has 0 aliphatic carbocycles. The lowest BCUT2D eigenvalue weighted by Crippen LogP contribution is -2.00. The van der Waals surface area contributed by atoms with Gasteiger partial charge in [0, 0.05) is 10.4 Å². The number of hydrogen-bond donors (Lipinski definition) is 0. The van der Waals surface area contributed by atoms with Crippen molar-refractivity contribution in [2.45, 2.75) is 18.2 Å². The summed E-state index contributed by atoms with van der Waals surface area (Å²) < 4.78 is 13.9. The fourth-order valence-corrected chi connectivity index (χ4v) is 2.79. The highest BCUT2D eigenvalue weighted by molar-refractivity contribution is 9.09. The Morgan fingerprint density at radius 2 is 1.89 bits per heavy atom. The summed E-state index contributed by atoms with van der Waals surface area (Å²) in [5.41, 5.74) is 3.02. The van der Waals surface area contributed by atoms with E-state index in [0.29, 0.717) is 5.56 Å². The predicted octanol–water partition coefficient (Wildman–Crippen LogP) is 5.47. The molecule has 2 aromatic rings. The Balaban J connectivity index is 2.25. The number of aryl methyl sites for hydroxylation is 1. The second-order valence-electron chi connectivity index (χ2n) is 4.24. The van der Waals surface area contributed by atoms with Gasteiger partial charge in [0.15, 0.2) is 0 Å². The molecule has 0 nitrogen and oxygen atoms in total. The van der Waals surface area contributed by atoms with Gasteiger partial charge in [-0.05, 0) is 30.5 Å². The largest absolute Gasteiger partial charge is 0.205 e. The van der Waals surface area contributed by atoms with Gasteiger partial charge in [-0.1, -0.05) is 63.9 Å². The molecular formula is C15H13BrClF. The van der Waals surface area contributed by atoms with Crippen molar-refractivity contribution in [1.29, 1.82) is 0 Å². The minimum absolute atomic E-state index is 0.0719. The summed E-state index contributed by atoms with van der Waals surface area (Å²) in [6, 6.07) is 13.2. The molecular weight excluding hydrogens is 315 g/mol. The molecule has 2 rings (SSSR count). The molecule has 0 saturated heterocycles. The van der Waals surface area contributed by atoms with Crippen LogP contribution in [0.25, 0.3) is 0 Å². The van der Waals surface area contributed by atoms with Crippen molar-refractivity contribution < 1.29 is 4.39 Å². The summed E-state index contributed by atoms with van der Waals surface area (Å²) in [5.74, 6) is -0.338. The fourth-order valence-electron chi connectivity index (χ4n) is 1.90. The molecule has 94 valence electrons. The maximum absolute atomic E-state index is 13.9. The first-order valence-corrected chi connectivity index (χ1v) is 7.01. The number of alkyl halides is 1. The first-order chi connectivity index (χ1) is 8.59. The van der Waals surface area contributed by atoms with Gasteiger partial charge in [0.1, 0.15) is 5.82 Å². The molecule has 0 fully saturated rings. The summed E-state index contributed by atoms with van der Waals surface area (Å²) in [6.07, 6.45) is 0.740. The molecule has 3 heteroatoms. The smallest absolute Gasteiger partial charge is 0.146 e. The second-order valence-corrected chi connectivity index (χ2v) is 5.75. The second kappa shape index (κ2) is 5.85. The van der Waals surface area contributed by atoms with E-state index in [2.05, 4.69) is 35.0 Å². The predicted molar refractivity (Wildman–Crippen MR) is 78.0 cm³/mol. The minimum atomic E-state index is -0.338. The molecule has 1 atom stereocenters. The lowest BCUT2D eigenvalue weighted by molar-refractivity contribution is 0.608. The van der Waals surface area contributed by atoms with Crippen molar-refractivity contribution >= 4 is 27.5 Å². The number of rotatable bonds is 3. The summed E-state index contributed by atoms with van der Waals surface area (Å²) in [5, 5.41) is 0.168. The molecule has 0 aliphatic heterocycles. The van der Waals surface area contributed by atoms with Crippen molar-refractivity contribution in [2.24, 2.45) is 0 Å². The summed E-state index contributed by atoms with van der Waals surface area (Å²) in [4.78, 5) is -0.0719. The topological polar surface area (TPSA) is 0 Å². The highest BCUT2D eigenvalue weighted by atomic mass is 79.9. The van der Waals surface area contributed by atoms with Crippen LogP contribution in [0.4, 0.5) is 4.39 Å². The molecule has 0 spiro atoms. The lowest BCUT2D eigenvalue weighted by Gasteiger charge is -2.13. The zero-order chi connectivity index (χ0) is 13.1. The molecule has 0 aliphatic rings. The van der Waals surface area contributed by atoms with Crippen LogP contribution in [0.5, 0.6) is 0 Å². The average molecular weight is 328 g/mol. The van der Waals surface area contributed by atoms with E-state index in [1.54, 1.807) is 18.2 Å². The van der Waals surface area contributed by atoms with Crippen LogP contribution in [0.1, 0.15) is 21.5 Å². The van der Waals surface area contributed by atoms with Crippen LogP contribution in [0.2, 0.25) is 5.02 Å². The van der Waals surface area contributed by atoms with Gasteiger partial charge in [-0.2, -0.15) is 0 Å². The zero-order valence-corrected chi connectivity index (χ0v) is 12.3. The fraction of sp³-hybridized carbons (Fsp3) is 0.200. The van der Waals surface area contributed by atoms with Gasteiger partial charge in [0.2, 0.25) is 0 Å². The molecule has 2 aromatic carbocycles. The van der Waals surface area contributed by atoms with Crippen molar-refractivity contribution in [3.8, 4) is 0 Å². The molecule has 0 aromatic heterocycles. The van der Waals surface area contributed by atoms with Crippen molar-refractivity contribution in [1.82, 2.24) is 0 Å². The maximum atomic E-state index is 13.9. The molecule has 1 unspecified atom stereocenters. The van der Waals surface area contributed by atoms with E-state index < -0.39 is 0 Å². The number of hydrogen-bond acceptors (Lipinski definition) is 0. The third-order valence-corrected chi connectivity index (χ3v) is 4.09. The van der Waals surface area contributed by atoms with Crippen LogP contribution < -0.4 is 0 Å². The Bertz CT molecular complexity index is 554. The first kappa shape index (κ1) is 13.6. The van der Waals surface area contributed by atoms with Gasteiger partial charge in [0.05, 0.1) is 5.02 Å². The van der Waals surface area contributed by atoms with E-state index in [1.165, 1.54) is 11.1 Å². The van der Waals surface area contributed by atoms with E-state index in [-0.39, 0.29) is 15.7 Å². The minimum Gasteiger partial charge on any atom is -0.205 e. The number of halogens is 3. The molecule has 0 radical (unpaired) electrons. The monoisotopic (exact) mass is 326 g/mol. The van der Waals surface area contributed by atoms with Crippen LogP contribution in [0.15, 0.2) is 42.5 Å². The molecule has 0 N–H and O–H groups in total. The SMILES string of the molecule is Cc1ccccc1CC(Br)c1cccc(Cl)c1F. The standard InChI is InChI=1S/C15H13BrClF/c1-10-5-2-3-6-11(10)9-13(16)12-7-4-8-14(17)15(12)18/h2-8,13H,9H2,1H3. The Kier molecular flexibility index (Phi) is 4.41. The van der Waals surface area contributed by atoms with E-state index in [0.717, 1.165) is 6.42 Å². The maximum Gasteiger partial charge on any atom is 0.146 e. The highest BCUT2D eigenvalue weighted by Crippen LogP contribution is 2.32. The Morgan fingerprint density at radius 1 is 1.17 bits per heavy atom. The Morgan fingerprint density at radius 3 is 2.61 bits per heavy atom. The Hall–Kier alpha value is -0.860. The van der Waals surface area contributed by atoms with Gasteiger partial charge in [-0.3, -0.25) is 0 Å².